The van der Waals surface area contributed by atoms with Crippen LogP contribution in [-0.2, 0) is 0 Å². The van der Waals surface area contributed by atoms with Gasteiger partial charge in [-0.1, -0.05) is 18.2 Å². The number of nitrogens with zero attached hydrogens (tertiary/aromatic N) is 1. The highest BCUT2D eigenvalue weighted by Crippen LogP contribution is 2.13. The molecule has 86 valence electrons. The first-order chi connectivity index (χ1) is 7.38. The lowest BCUT2D eigenvalue weighted by molar-refractivity contribution is 0.368. The number of hydrogen-bond donors (Lipinski definition) is 0. The van der Waals surface area contributed by atoms with Gasteiger partial charge in [0.1, 0.15) is 0 Å². The van der Waals surface area contributed by atoms with E-state index in [0.29, 0.717) is 0 Å². The maximum Gasteiger partial charge on any atom is 0.673 e. The molecule has 0 atom stereocenters. The number of aromatic nitrogens is 1. The van der Waals surface area contributed by atoms with E-state index in [2.05, 4.69) is 18.0 Å². The van der Waals surface area contributed by atoms with Crippen LogP contribution >= 0.6 is 0 Å². The zero-order valence-corrected chi connectivity index (χ0v) is 8.50. The molecule has 0 amide bonds. The summed E-state index contributed by atoms with van der Waals surface area (Å²) < 4.78 is 39.0. The molecule has 1 heterocycles. The van der Waals surface area contributed by atoms with E-state index in [1.54, 1.807) is 0 Å². The first kappa shape index (κ1) is 12.5. The molecule has 1 aromatic heterocycles. The fourth-order valence-corrected chi connectivity index (χ4v) is 1.24. The van der Waals surface area contributed by atoms with Crippen molar-refractivity contribution < 1.29 is 17.3 Å². The molecule has 0 saturated carbocycles. The van der Waals surface area contributed by atoms with E-state index in [9.17, 15) is 17.3 Å². The summed E-state index contributed by atoms with van der Waals surface area (Å²) in [7, 11) is -6.00. The van der Waals surface area contributed by atoms with E-state index < -0.39 is 7.25 Å². The molecule has 0 aliphatic heterocycles. The van der Waals surface area contributed by atoms with Crippen molar-refractivity contribution in [3.8, 4) is 0 Å². The average Bonchev–Trinajstić information content (AvgIpc) is 2.16. The summed E-state index contributed by atoms with van der Waals surface area (Å²) in [5, 5.41) is 1.25. The highest BCUT2D eigenvalue weighted by molar-refractivity contribution is 6.50. The summed E-state index contributed by atoms with van der Waals surface area (Å²) in [6.07, 6.45) is 1.84. The lowest BCUT2D eigenvalue weighted by Crippen LogP contribution is -2.02. The van der Waals surface area contributed by atoms with Crippen molar-refractivity contribution in [2.24, 2.45) is 0 Å². The Hall–Kier alpha value is -1.59. The van der Waals surface area contributed by atoms with Gasteiger partial charge in [0.15, 0.2) is 0 Å². The Kier molecular flexibility index (Phi) is 3.87. The summed E-state index contributed by atoms with van der Waals surface area (Å²) in [6.45, 7) is 2.10. The van der Waals surface area contributed by atoms with Crippen LogP contribution in [0.5, 0.6) is 0 Å². The molecular formula is C10H9BF4N-. The monoisotopic (exact) mass is 230 g/mol. The minimum absolute atomic E-state index is 1.08. The molecule has 0 aliphatic carbocycles. The van der Waals surface area contributed by atoms with Gasteiger partial charge in [-0.05, 0) is 24.6 Å². The van der Waals surface area contributed by atoms with Crippen molar-refractivity contribution in [1.82, 2.24) is 4.98 Å². The molecule has 0 N–H and O–H groups in total. The van der Waals surface area contributed by atoms with Crippen molar-refractivity contribution in [2.75, 3.05) is 0 Å². The van der Waals surface area contributed by atoms with Gasteiger partial charge in [-0.3, -0.25) is 4.98 Å². The Morgan fingerprint density at radius 3 is 2.12 bits per heavy atom. The van der Waals surface area contributed by atoms with Crippen molar-refractivity contribution in [2.45, 2.75) is 6.92 Å². The second-order valence-corrected chi connectivity index (χ2v) is 3.14. The van der Waals surface area contributed by atoms with Crippen LogP contribution in [0.1, 0.15) is 5.56 Å². The highest BCUT2D eigenvalue weighted by Gasteiger charge is 2.20. The second kappa shape index (κ2) is 4.96. The van der Waals surface area contributed by atoms with Gasteiger partial charge < -0.3 is 17.3 Å². The van der Waals surface area contributed by atoms with Gasteiger partial charge >= 0.3 is 7.25 Å². The maximum absolute atomic E-state index is 9.75. The second-order valence-electron chi connectivity index (χ2n) is 3.14. The van der Waals surface area contributed by atoms with E-state index in [1.807, 2.05) is 30.5 Å². The third-order valence-corrected chi connectivity index (χ3v) is 1.87. The molecular weight excluding hydrogens is 221 g/mol. The zero-order chi connectivity index (χ0) is 12.2. The Balaban J connectivity index is 0.000000221. The van der Waals surface area contributed by atoms with Crippen molar-refractivity contribution in [3.05, 3.63) is 42.1 Å². The summed E-state index contributed by atoms with van der Waals surface area (Å²) in [6, 6.07) is 10.2. The van der Waals surface area contributed by atoms with Gasteiger partial charge in [-0.25, -0.2) is 0 Å². The van der Waals surface area contributed by atoms with E-state index >= 15 is 0 Å². The van der Waals surface area contributed by atoms with E-state index in [-0.39, 0.29) is 0 Å². The molecule has 1 aromatic carbocycles. The molecule has 2 rings (SSSR count). The average molecular weight is 230 g/mol. The fourth-order valence-electron chi connectivity index (χ4n) is 1.24. The van der Waals surface area contributed by atoms with Gasteiger partial charge in [0.2, 0.25) is 0 Å². The van der Waals surface area contributed by atoms with Gasteiger partial charge in [0, 0.05) is 11.6 Å². The van der Waals surface area contributed by atoms with Gasteiger partial charge in [-0.15, -0.1) is 0 Å². The van der Waals surface area contributed by atoms with Crippen molar-refractivity contribution in [1.29, 1.82) is 0 Å². The van der Waals surface area contributed by atoms with Crippen molar-refractivity contribution in [3.63, 3.8) is 0 Å². The molecule has 6 heteroatoms. The van der Waals surface area contributed by atoms with Crippen LogP contribution in [0.2, 0.25) is 0 Å². The first-order valence-electron chi connectivity index (χ1n) is 4.55. The highest BCUT2D eigenvalue weighted by atomic mass is 19.5. The predicted octanol–water partition coefficient (Wildman–Crippen LogP) is 3.84. The van der Waals surface area contributed by atoms with Gasteiger partial charge in [-0.2, -0.15) is 0 Å². The molecule has 0 spiro atoms. The van der Waals surface area contributed by atoms with Crippen LogP contribution in [0, 0.1) is 6.92 Å². The van der Waals surface area contributed by atoms with E-state index in [1.165, 1.54) is 10.9 Å². The molecule has 16 heavy (non-hydrogen) atoms. The van der Waals surface area contributed by atoms with Gasteiger partial charge in [0.25, 0.3) is 0 Å². The van der Waals surface area contributed by atoms with Crippen LogP contribution in [0.3, 0.4) is 0 Å². The zero-order valence-electron chi connectivity index (χ0n) is 8.50. The van der Waals surface area contributed by atoms with Crippen LogP contribution in [0.15, 0.2) is 36.5 Å². The first-order valence-corrected chi connectivity index (χ1v) is 4.55. The molecule has 0 saturated heterocycles. The number of aryl methyl sites for hydroxylation is 1. The summed E-state index contributed by atoms with van der Waals surface area (Å²) in [5.74, 6) is 0. The molecule has 0 fully saturated rings. The Morgan fingerprint density at radius 1 is 1.00 bits per heavy atom. The number of rotatable bonds is 0. The molecule has 0 aliphatic rings. The van der Waals surface area contributed by atoms with E-state index in [0.717, 1.165) is 5.52 Å². The van der Waals surface area contributed by atoms with Crippen molar-refractivity contribution >= 4 is 18.2 Å². The molecule has 0 unspecified atom stereocenters. The lowest BCUT2D eigenvalue weighted by Gasteiger charge is -1.97. The number of pyridine rings is 1. The SMILES string of the molecule is Cc1ccnc2ccccc12.F[B-](F)(F)F. The minimum Gasteiger partial charge on any atom is -0.418 e. The Morgan fingerprint density at radius 2 is 1.56 bits per heavy atom. The minimum atomic E-state index is -6.00. The smallest absolute Gasteiger partial charge is 0.418 e. The number of halogens is 4. The normalized spacial score (nSPS) is 10.8. The number of benzene rings is 1. The third kappa shape index (κ3) is 4.29. The Bertz CT molecular complexity index is 458. The van der Waals surface area contributed by atoms with Crippen LogP contribution in [0.4, 0.5) is 17.3 Å². The largest absolute Gasteiger partial charge is 0.673 e. The number of fused-ring (bicyclic) bond motifs is 1. The standard InChI is InChI=1S/C10H9N.BF4/c1-8-6-7-11-10-5-3-2-4-9(8)10;2-1(3,4)5/h2-7H,1H3;/q;-1. The molecule has 0 bridgehead atoms. The Labute approximate surface area is 90.2 Å². The topological polar surface area (TPSA) is 12.9 Å². The van der Waals surface area contributed by atoms with Crippen LogP contribution in [0.25, 0.3) is 10.9 Å². The van der Waals surface area contributed by atoms with Gasteiger partial charge in [0.05, 0.1) is 5.52 Å². The van der Waals surface area contributed by atoms with Crippen LogP contribution in [-0.4, -0.2) is 12.2 Å². The van der Waals surface area contributed by atoms with E-state index in [4.69, 9.17) is 0 Å². The fraction of sp³-hybridized carbons (Fsp3) is 0.100. The van der Waals surface area contributed by atoms with Crippen LogP contribution < -0.4 is 0 Å². The maximum atomic E-state index is 9.75. The molecule has 0 radical (unpaired) electrons. The lowest BCUT2D eigenvalue weighted by atomic mass is 10.1. The molecule has 2 aromatic rings. The number of para-hydroxylation sites is 1. The molecule has 1 nitrogen and oxygen atoms in total. The number of hydrogen-bond acceptors (Lipinski definition) is 1. The summed E-state index contributed by atoms with van der Waals surface area (Å²) in [5.41, 5.74) is 2.36. The summed E-state index contributed by atoms with van der Waals surface area (Å²) in [4.78, 5) is 4.24. The summed E-state index contributed by atoms with van der Waals surface area (Å²) >= 11 is 0. The quantitative estimate of drug-likeness (QED) is 0.494. The third-order valence-electron chi connectivity index (χ3n) is 1.87. The predicted molar refractivity (Wildman–Crippen MR) is 56.7 cm³/mol.